The molecule has 1 rings (SSSR count). The van der Waals surface area contributed by atoms with E-state index in [1.54, 1.807) is 0 Å². The maximum Gasteiger partial charge on any atom is 0.328 e. The number of nitrogens with one attached hydrogen (secondary N) is 1. The summed E-state index contributed by atoms with van der Waals surface area (Å²) in [6.45, 7) is 1.07. The van der Waals surface area contributed by atoms with E-state index in [9.17, 15) is 9.59 Å². The summed E-state index contributed by atoms with van der Waals surface area (Å²) in [4.78, 5) is 22.0. The van der Waals surface area contributed by atoms with Gasteiger partial charge in [0.2, 0.25) is 5.91 Å². The molecule has 3 N–H and O–H groups in total. The minimum Gasteiger partial charge on any atom is -0.480 e. The molecule has 2 atom stereocenters. The first-order valence-electron chi connectivity index (χ1n) is 4.41. The van der Waals surface area contributed by atoms with Gasteiger partial charge in [-0.3, -0.25) is 4.79 Å². The third kappa shape index (κ3) is 3.28. The molecule has 9 heteroatoms. The second-order valence-electron chi connectivity index (χ2n) is 3.13. The van der Waals surface area contributed by atoms with Crippen molar-refractivity contribution in [2.75, 3.05) is 0 Å². The fourth-order valence-electron chi connectivity index (χ4n) is 1.01. The maximum atomic E-state index is 11.3. The van der Waals surface area contributed by atoms with Crippen LogP contribution in [0.5, 0.6) is 0 Å². The molecule has 0 spiro atoms. The number of hydrogen-bond donors (Lipinski definition) is 3. The van der Waals surface area contributed by atoms with E-state index >= 15 is 0 Å². The number of rotatable bonds is 5. The number of carboxylic acid groups (broad SMARTS) is 1. The van der Waals surface area contributed by atoms with E-state index in [4.69, 9.17) is 10.2 Å². The smallest absolute Gasteiger partial charge is 0.328 e. The zero-order valence-corrected chi connectivity index (χ0v) is 8.44. The van der Waals surface area contributed by atoms with Crippen molar-refractivity contribution in [2.24, 2.45) is 0 Å². The van der Waals surface area contributed by atoms with Crippen LogP contribution in [0.1, 0.15) is 6.92 Å². The average molecular weight is 229 g/mol. The van der Waals surface area contributed by atoms with Crippen LogP contribution in [0.15, 0.2) is 6.33 Å². The summed E-state index contributed by atoms with van der Waals surface area (Å²) in [5.74, 6) is -1.90. The second-order valence-corrected chi connectivity index (χ2v) is 3.13. The van der Waals surface area contributed by atoms with Crippen LogP contribution in [0, 0.1) is 0 Å². The number of hydrogen-bond acceptors (Lipinski definition) is 6. The number of nitrogens with zero attached hydrogens (tertiary/aromatic N) is 4. The van der Waals surface area contributed by atoms with Gasteiger partial charge in [0.25, 0.3) is 0 Å². The van der Waals surface area contributed by atoms with E-state index in [1.807, 2.05) is 0 Å². The molecule has 0 fully saturated rings. The van der Waals surface area contributed by atoms with Gasteiger partial charge in [-0.1, -0.05) is 0 Å². The monoisotopic (exact) mass is 229 g/mol. The van der Waals surface area contributed by atoms with Gasteiger partial charge in [-0.2, -0.15) is 0 Å². The number of carbonyl (C=O) groups is 2. The van der Waals surface area contributed by atoms with Gasteiger partial charge in [0.05, 0.1) is 6.10 Å². The van der Waals surface area contributed by atoms with Crippen molar-refractivity contribution in [1.29, 1.82) is 0 Å². The zero-order chi connectivity index (χ0) is 12.1. The SMILES string of the molecule is CC(O)C(NC(=O)Cn1cnnn1)C(=O)O. The highest BCUT2D eigenvalue weighted by molar-refractivity contribution is 5.83. The fourth-order valence-corrected chi connectivity index (χ4v) is 1.01. The van der Waals surface area contributed by atoms with Gasteiger partial charge in [0.15, 0.2) is 6.04 Å². The molecule has 0 saturated heterocycles. The molecule has 0 radical (unpaired) electrons. The highest BCUT2D eigenvalue weighted by atomic mass is 16.4. The van der Waals surface area contributed by atoms with Crippen molar-refractivity contribution in [3.05, 3.63) is 6.33 Å². The number of aromatic nitrogens is 4. The molecule has 0 aliphatic heterocycles. The molecule has 0 saturated carbocycles. The topological polar surface area (TPSA) is 130 Å². The molecule has 1 heterocycles. The van der Waals surface area contributed by atoms with Crippen molar-refractivity contribution in [2.45, 2.75) is 25.6 Å². The van der Waals surface area contributed by atoms with Crippen molar-refractivity contribution in [3.63, 3.8) is 0 Å². The van der Waals surface area contributed by atoms with Crippen LogP contribution < -0.4 is 5.32 Å². The summed E-state index contributed by atoms with van der Waals surface area (Å²) in [7, 11) is 0. The largest absolute Gasteiger partial charge is 0.480 e. The molecule has 1 aromatic heterocycles. The summed E-state index contributed by atoms with van der Waals surface area (Å²) in [6, 6.07) is -1.34. The Morgan fingerprint density at radius 3 is 2.69 bits per heavy atom. The van der Waals surface area contributed by atoms with Crippen LogP contribution in [0.25, 0.3) is 0 Å². The van der Waals surface area contributed by atoms with Crippen molar-refractivity contribution in [3.8, 4) is 0 Å². The van der Waals surface area contributed by atoms with Crippen LogP contribution >= 0.6 is 0 Å². The molecular formula is C7H11N5O4. The van der Waals surface area contributed by atoms with Crippen molar-refractivity contribution in [1.82, 2.24) is 25.5 Å². The Balaban J connectivity index is 2.52. The van der Waals surface area contributed by atoms with Gasteiger partial charge in [-0.15, -0.1) is 5.10 Å². The van der Waals surface area contributed by atoms with Gasteiger partial charge in [-0.05, 0) is 17.4 Å². The van der Waals surface area contributed by atoms with E-state index in [1.165, 1.54) is 13.3 Å². The lowest BCUT2D eigenvalue weighted by Gasteiger charge is -2.16. The minimum absolute atomic E-state index is 0.205. The summed E-state index contributed by atoms with van der Waals surface area (Å²) >= 11 is 0. The first-order valence-corrected chi connectivity index (χ1v) is 4.41. The van der Waals surface area contributed by atoms with Crippen LogP contribution in [-0.2, 0) is 16.1 Å². The Labute approximate surface area is 90.1 Å². The first kappa shape index (κ1) is 12.0. The first-order chi connectivity index (χ1) is 7.50. The predicted molar refractivity (Wildman–Crippen MR) is 49.1 cm³/mol. The Bertz CT molecular complexity index is 363. The summed E-state index contributed by atoms with van der Waals surface area (Å²) in [6.07, 6.45) is 0.0351. The number of tetrazole rings is 1. The van der Waals surface area contributed by atoms with E-state index < -0.39 is 24.0 Å². The van der Waals surface area contributed by atoms with E-state index in [-0.39, 0.29) is 6.54 Å². The number of aliphatic hydroxyl groups excluding tert-OH is 1. The summed E-state index contributed by atoms with van der Waals surface area (Å²) < 4.78 is 1.14. The lowest BCUT2D eigenvalue weighted by molar-refractivity contribution is -0.144. The van der Waals surface area contributed by atoms with E-state index in [0.29, 0.717) is 0 Å². The minimum atomic E-state index is -1.34. The Hall–Kier alpha value is -2.03. The lowest BCUT2D eigenvalue weighted by Crippen LogP contribution is -2.48. The zero-order valence-electron chi connectivity index (χ0n) is 8.44. The third-order valence-corrected chi connectivity index (χ3v) is 1.76. The third-order valence-electron chi connectivity index (χ3n) is 1.76. The Morgan fingerprint density at radius 2 is 2.25 bits per heavy atom. The Morgan fingerprint density at radius 1 is 1.56 bits per heavy atom. The number of carbonyl (C=O) groups excluding carboxylic acids is 1. The molecule has 0 bridgehead atoms. The number of carboxylic acids is 1. The number of aliphatic hydroxyl groups is 1. The highest BCUT2D eigenvalue weighted by Crippen LogP contribution is 1.93. The normalized spacial score (nSPS) is 14.1. The van der Waals surface area contributed by atoms with Crippen LogP contribution in [0.3, 0.4) is 0 Å². The van der Waals surface area contributed by atoms with Crippen molar-refractivity contribution < 1.29 is 19.8 Å². The van der Waals surface area contributed by atoms with Gasteiger partial charge < -0.3 is 15.5 Å². The highest BCUT2D eigenvalue weighted by Gasteiger charge is 2.24. The molecule has 2 unspecified atom stereocenters. The van der Waals surface area contributed by atoms with Crippen LogP contribution in [0.4, 0.5) is 0 Å². The number of amides is 1. The average Bonchev–Trinajstić information content (AvgIpc) is 2.65. The Kier molecular flexibility index (Phi) is 3.89. The molecule has 1 amide bonds. The van der Waals surface area contributed by atoms with Gasteiger partial charge >= 0.3 is 5.97 Å². The van der Waals surface area contributed by atoms with Gasteiger partial charge in [0.1, 0.15) is 12.9 Å². The molecule has 88 valence electrons. The molecule has 16 heavy (non-hydrogen) atoms. The molecule has 9 nitrogen and oxygen atoms in total. The summed E-state index contributed by atoms with van der Waals surface area (Å²) in [5.41, 5.74) is 0. The molecule has 0 aromatic carbocycles. The summed E-state index contributed by atoms with van der Waals surface area (Å²) in [5, 5.41) is 30.0. The molecular weight excluding hydrogens is 218 g/mol. The van der Waals surface area contributed by atoms with Crippen LogP contribution in [0.2, 0.25) is 0 Å². The lowest BCUT2D eigenvalue weighted by atomic mass is 10.2. The van der Waals surface area contributed by atoms with Crippen molar-refractivity contribution >= 4 is 11.9 Å². The van der Waals surface area contributed by atoms with Gasteiger partial charge in [0, 0.05) is 0 Å². The standard InChI is InChI=1S/C7H11N5O4/c1-4(13)6(7(15)16)9-5(14)2-12-3-8-10-11-12/h3-4,6,13H,2H2,1H3,(H,9,14)(H,15,16). The number of aliphatic carboxylic acids is 1. The van der Waals surface area contributed by atoms with Gasteiger partial charge in [-0.25, -0.2) is 9.48 Å². The van der Waals surface area contributed by atoms with E-state index in [0.717, 1.165) is 4.68 Å². The second kappa shape index (κ2) is 5.16. The molecule has 1 aromatic rings. The fraction of sp³-hybridized carbons (Fsp3) is 0.571. The van der Waals surface area contributed by atoms with Crippen LogP contribution in [-0.4, -0.2) is 54.4 Å². The van der Waals surface area contributed by atoms with E-state index in [2.05, 4.69) is 20.8 Å². The predicted octanol–water partition coefficient (Wildman–Crippen LogP) is -2.38. The maximum absolute atomic E-state index is 11.3. The molecule has 0 aliphatic carbocycles. The molecule has 0 aliphatic rings. The quantitative estimate of drug-likeness (QED) is 0.514.